The zero-order valence-electron chi connectivity index (χ0n) is 6.30. The van der Waals surface area contributed by atoms with Crippen molar-refractivity contribution in [1.82, 2.24) is 4.90 Å². The Kier molecular flexibility index (Phi) is 2.53. The highest BCUT2D eigenvalue weighted by atomic mass is 127. The predicted molar refractivity (Wildman–Crippen MR) is 49.4 cm³/mol. The summed E-state index contributed by atoms with van der Waals surface area (Å²) in [6.45, 7) is 0. The zero-order valence-corrected chi connectivity index (χ0v) is 8.45. The molecule has 4 heteroatoms. The fraction of sp³-hybridized carbons (Fsp3) is 0.286. The van der Waals surface area contributed by atoms with Crippen LogP contribution < -0.4 is 0 Å². The smallest absolute Gasteiger partial charge is 0.289 e. The van der Waals surface area contributed by atoms with Gasteiger partial charge in [0.15, 0.2) is 9.53 Å². The Morgan fingerprint density at radius 1 is 1.55 bits per heavy atom. The number of halogens is 1. The molecule has 60 valence electrons. The van der Waals surface area contributed by atoms with E-state index in [1.54, 1.807) is 26.2 Å². The van der Waals surface area contributed by atoms with E-state index in [2.05, 4.69) is 0 Å². The van der Waals surface area contributed by atoms with E-state index in [1.165, 1.54) is 4.90 Å². The minimum Gasteiger partial charge on any atom is -0.445 e. The Morgan fingerprint density at radius 3 is 2.55 bits per heavy atom. The summed E-state index contributed by atoms with van der Waals surface area (Å²) in [6.07, 6.45) is 0. The number of hydrogen-bond acceptors (Lipinski definition) is 2. The Hall–Kier alpha value is -0.520. The zero-order chi connectivity index (χ0) is 8.43. The third-order valence-corrected chi connectivity index (χ3v) is 1.77. The van der Waals surface area contributed by atoms with E-state index in [9.17, 15) is 4.79 Å². The van der Waals surface area contributed by atoms with Gasteiger partial charge < -0.3 is 9.32 Å². The van der Waals surface area contributed by atoms with Gasteiger partial charge in [-0.2, -0.15) is 0 Å². The molecule has 0 aromatic carbocycles. The van der Waals surface area contributed by atoms with Gasteiger partial charge in [-0.25, -0.2) is 0 Å². The standard InChI is InChI=1S/C7H8INO2/c1-9(2)7(10)5-3-4-6(8)11-5/h3-4H,1-2H3. The van der Waals surface area contributed by atoms with Crippen LogP contribution in [0.1, 0.15) is 10.6 Å². The van der Waals surface area contributed by atoms with Crippen LogP contribution in [-0.2, 0) is 0 Å². The molecule has 3 nitrogen and oxygen atoms in total. The fourth-order valence-electron chi connectivity index (χ4n) is 0.650. The molecule has 0 aliphatic carbocycles. The third-order valence-electron chi connectivity index (χ3n) is 1.19. The van der Waals surface area contributed by atoms with E-state index in [0.29, 0.717) is 5.76 Å². The van der Waals surface area contributed by atoms with Gasteiger partial charge in [0.1, 0.15) is 0 Å². The van der Waals surface area contributed by atoms with Crippen molar-refractivity contribution in [3.05, 3.63) is 21.7 Å². The lowest BCUT2D eigenvalue weighted by Crippen LogP contribution is -2.20. The highest BCUT2D eigenvalue weighted by Gasteiger charge is 2.11. The first-order valence-corrected chi connectivity index (χ1v) is 4.16. The maximum absolute atomic E-state index is 11.2. The lowest BCUT2D eigenvalue weighted by Gasteiger charge is -2.06. The molecule has 0 fully saturated rings. The lowest BCUT2D eigenvalue weighted by molar-refractivity contribution is 0.0795. The highest BCUT2D eigenvalue weighted by molar-refractivity contribution is 14.1. The second-order valence-corrected chi connectivity index (χ2v) is 3.37. The maximum Gasteiger partial charge on any atom is 0.289 e. The first-order chi connectivity index (χ1) is 5.11. The molecule has 0 radical (unpaired) electrons. The van der Waals surface area contributed by atoms with Crippen LogP contribution >= 0.6 is 22.6 Å². The summed E-state index contributed by atoms with van der Waals surface area (Å²) >= 11 is 2.02. The van der Waals surface area contributed by atoms with Gasteiger partial charge in [-0.15, -0.1) is 0 Å². The van der Waals surface area contributed by atoms with Gasteiger partial charge in [-0.1, -0.05) is 0 Å². The van der Waals surface area contributed by atoms with Crippen LogP contribution in [-0.4, -0.2) is 24.9 Å². The van der Waals surface area contributed by atoms with Crippen LogP contribution in [0.15, 0.2) is 16.5 Å². The summed E-state index contributed by atoms with van der Waals surface area (Å²) < 4.78 is 5.83. The SMILES string of the molecule is CN(C)C(=O)c1ccc(I)o1. The van der Waals surface area contributed by atoms with Crippen molar-refractivity contribution in [2.24, 2.45) is 0 Å². The Morgan fingerprint density at radius 2 is 2.18 bits per heavy atom. The number of hydrogen-bond donors (Lipinski definition) is 0. The summed E-state index contributed by atoms with van der Waals surface area (Å²) in [5.74, 6) is 0.285. The van der Waals surface area contributed by atoms with Crippen LogP contribution in [0.3, 0.4) is 0 Å². The Balaban J connectivity index is 2.85. The van der Waals surface area contributed by atoms with Gasteiger partial charge >= 0.3 is 0 Å². The van der Waals surface area contributed by atoms with Gasteiger partial charge in [0, 0.05) is 14.1 Å². The van der Waals surface area contributed by atoms with E-state index in [1.807, 2.05) is 22.6 Å². The number of carbonyl (C=O) groups is 1. The minimum atomic E-state index is -0.104. The molecular formula is C7H8INO2. The van der Waals surface area contributed by atoms with Crippen LogP contribution in [0.4, 0.5) is 0 Å². The molecule has 0 N–H and O–H groups in total. The molecule has 1 rings (SSSR count). The van der Waals surface area contributed by atoms with Crippen molar-refractivity contribution < 1.29 is 9.21 Å². The van der Waals surface area contributed by atoms with E-state index in [4.69, 9.17) is 4.42 Å². The van der Waals surface area contributed by atoms with Gasteiger partial charge in [0.2, 0.25) is 0 Å². The first-order valence-electron chi connectivity index (χ1n) is 3.08. The van der Waals surface area contributed by atoms with Gasteiger partial charge in [-0.05, 0) is 34.7 Å². The summed E-state index contributed by atoms with van der Waals surface area (Å²) in [5, 5.41) is 0. The molecule has 0 saturated carbocycles. The van der Waals surface area contributed by atoms with E-state index < -0.39 is 0 Å². The Labute approximate surface area is 78.5 Å². The topological polar surface area (TPSA) is 33.5 Å². The molecule has 0 aliphatic heterocycles. The molecule has 1 heterocycles. The molecule has 1 aromatic rings. The van der Waals surface area contributed by atoms with E-state index in [0.717, 1.165) is 3.77 Å². The van der Waals surface area contributed by atoms with Crippen molar-refractivity contribution in [3.8, 4) is 0 Å². The number of rotatable bonds is 1. The molecule has 0 aliphatic rings. The molecule has 11 heavy (non-hydrogen) atoms. The predicted octanol–water partition coefficient (Wildman–Crippen LogP) is 1.59. The quantitative estimate of drug-likeness (QED) is 0.722. The molecular weight excluding hydrogens is 257 g/mol. The maximum atomic E-state index is 11.2. The molecule has 0 unspecified atom stereocenters. The number of nitrogens with zero attached hydrogens (tertiary/aromatic N) is 1. The summed E-state index contributed by atoms with van der Waals surface area (Å²) in [7, 11) is 3.38. The van der Waals surface area contributed by atoms with Crippen molar-refractivity contribution in [3.63, 3.8) is 0 Å². The van der Waals surface area contributed by atoms with Crippen LogP contribution in [0.2, 0.25) is 0 Å². The average molecular weight is 265 g/mol. The molecule has 0 spiro atoms. The van der Waals surface area contributed by atoms with Crippen LogP contribution in [0.5, 0.6) is 0 Å². The van der Waals surface area contributed by atoms with Crippen molar-refractivity contribution >= 4 is 28.5 Å². The summed E-state index contributed by atoms with van der Waals surface area (Å²) in [5.41, 5.74) is 0. The highest BCUT2D eigenvalue weighted by Crippen LogP contribution is 2.10. The normalized spacial score (nSPS) is 9.73. The molecule has 0 atom stereocenters. The fourth-order valence-corrected chi connectivity index (χ4v) is 1.07. The second kappa shape index (κ2) is 3.25. The second-order valence-electron chi connectivity index (χ2n) is 2.30. The van der Waals surface area contributed by atoms with Crippen LogP contribution in [0, 0.1) is 3.77 Å². The Bertz CT molecular complexity index is 267. The number of amides is 1. The molecule has 1 aromatic heterocycles. The third kappa shape index (κ3) is 1.95. The van der Waals surface area contributed by atoms with Gasteiger partial charge in [0.05, 0.1) is 0 Å². The number of carbonyl (C=O) groups excluding carboxylic acids is 1. The van der Waals surface area contributed by atoms with E-state index >= 15 is 0 Å². The molecule has 1 amide bonds. The first kappa shape index (κ1) is 8.58. The largest absolute Gasteiger partial charge is 0.445 e. The monoisotopic (exact) mass is 265 g/mol. The average Bonchev–Trinajstić information content (AvgIpc) is 2.34. The van der Waals surface area contributed by atoms with Crippen LogP contribution in [0.25, 0.3) is 0 Å². The van der Waals surface area contributed by atoms with Gasteiger partial charge in [0.25, 0.3) is 5.91 Å². The summed E-state index contributed by atoms with van der Waals surface area (Å²) in [4.78, 5) is 12.7. The lowest BCUT2D eigenvalue weighted by atomic mass is 10.4. The van der Waals surface area contributed by atoms with Crippen molar-refractivity contribution in [2.45, 2.75) is 0 Å². The van der Waals surface area contributed by atoms with Crippen molar-refractivity contribution in [2.75, 3.05) is 14.1 Å². The van der Waals surface area contributed by atoms with Crippen molar-refractivity contribution in [1.29, 1.82) is 0 Å². The molecule has 0 saturated heterocycles. The molecule has 0 bridgehead atoms. The van der Waals surface area contributed by atoms with Gasteiger partial charge in [-0.3, -0.25) is 4.79 Å². The summed E-state index contributed by atoms with van der Waals surface area (Å²) in [6, 6.07) is 3.43. The van der Waals surface area contributed by atoms with E-state index in [-0.39, 0.29) is 5.91 Å². The number of furan rings is 1. The minimum absolute atomic E-state index is 0.104.